The SMILES string of the molecule is C[I-]C1CCC=C(F)C1. The van der Waals surface area contributed by atoms with Crippen LogP contribution in [0.1, 0.15) is 19.3 Å². The number of halogens is 2. The van der Waals surface area contributed by atoms with Crippen molar-refractivity contribution in [2.45, 2.75) is 23.2 Å². The third kappa shape index (κ3) is 2.24. The Bertz CT molecular complexity index is 120. The summed E-state index contributed by atoms with van der Waals surface area (Å²) in [5.74, 6) is 0.132. The summed E-state index contributed by atoms with van der Waals surface area (Å²) in [5, 5.41) is 0. The average molecular weight is 241 g/mol. The van der Waals surface area contributed by atoms with Crippen molar-refractivity contribution in [3.8, 4) is 0 Å². The molecule has 1 rings (SSSR count). The monoisotopic (exact) mass is 241 g/mol. The van der Waals surface area contributed by atoms with Gasteiger partial charge in [0.05, 0.1) is 0 Å². The van der Waals surface area contributed by atoms with Gasteiger partial charge in [0.15, 0.2) is 0 Å². The summed E-state index contributed by atoms with van der Waals surface area (Å²) in [6, 6.07) is 0. The first-order chi connectivity index (χ1) is 4.33. The third-order valence-corrected chi connectivity index (χ3v) is 4.40. The Morgan fingerprint density at radius 2 is 2.56 bits per heavy atom. The zero-order valence-electron chi connectivity index (χ0n) is 5.53. The van der Waals surface area contributed by atoms with Gasteiger partial charge in [-0.15, -0.1) is 0 Å². The van der Waals surface area contributed by atoms with E-state index in [0.717, 1.165) is 16.8 Å². The molecule has 0 aliphatic heterocycles. The van der Waals surface area contributed by atoms with E-state index in [-0.39, 0.29) is 27.0 Å². The fourth-order valence-electron chi connectivity index (χ4n) is 1.00. The Morgan fingerprint density at radius 3 is 3.00 bits per heavy atom. The van der Waals surface area contributed by atoms with Gasteiger partial charge in [0.2, 0.25) is 0 Å². The first-order valence-electron chi connectivity index (χ1n) is 3.15. The van der Waals surface area contributed by atoms with E-state index in [9.17, 15) is 4.39 Å². The molecule has 0 saturated heterocycles. The predicted octanol–water partition coefficient (Wildman–Crippen LogP) is -0.889. The Labute approximate surface area is 65.8 Å². The number of hydrogen-bond donors (Lipinski definition) is 0. The Balaban J connectivity index is 2.39. The second-order valence-corrected chi connectivity index (χ2v) is 5.26. The molecule has 9 heavy (non-hydrogen) atoms. The zero-order valence-corrected chi connectivity index (χ0v) is 7.69. The van der Waals surface area contributed by atoms with Crippen molar-refractivity contribution < 1.29 is 25.6 Å². The predicted molar refractivity (Wildman–Crippen MR) is 32.8 cm³/mol. The van der Waals surface area contributed by atoms with E-state index < -0.39 is 0 Å². The van der Waals surface area contributed by atoms with Crippen molar-refractivity contribution in [1.29, 1.82) is 0 Å². The van der Waals surface area contributed by atoms with E-state index in [1.54, 1.807) is 6.08 Å². The number of allylic oxidation sites excluding steroid dienone is 2. The molecule has 2 heteroatoms. The van der Waals surface area contributed by atoms with Crippen LogP contribution in [0, 0.1) is 0 Å². The number of rotatable bonds is 1. The van der Waals surface area contributed by atoms with Gasteiger partial charge in [0.25, 0.3) is 0 Å². The van der Waals surface area contributed by atoms with E-state index in [4.69, 9.17) is 0 Å². The van der Waals surface area contributed by atoms with Gasteiger partial charge in [-0.3, -0.25) is 0 Å². The summed E-state index contributed by atoms with van der Waals surface area (Å²) >= 11 is 0.278. The van der Waals surface area contributed by atoms with Gasteiger partial charge < -0.3 is 0 Å². The first kappa shape index (κ1) is 7.51. The topological polar surface area (TPSA) is 0 Å². The average Bonchev–Trinajstić information content (AvgIpc) is 1.88. The van der Waals surface area contributed by atoms with Gasteiger partial charge >= 0.3 is 65.6 Å². The van der Waals surface area contributed by atoms with Crippen molar-refractivity contribution >= 4 is 0 Å². The maximum absolute atomic E-state index is 12.5. The molecule has 0 amide bonds. The van der Waals surface area contributed by atoms with Gasteiger partial charge in [0, 0.05) is 0 Å². The fraction of sp³-hybridized carbons (Fsp3) is 0.714. The van der Waals surface area contributed by atoms with Crippen LogP contribution in [0.15, 0.2) is 11.9 Å². The summed E-state index contributed by atoms with van der Waals surface area (Å²) < 4.78 is 13.2. The van der Waals surface area contributed by atoms with E-state index in [0.29, 0.717) is 0 Å². The van der Waals surface area contributed by atoms with Gasteiger partial charge in [-0.2, -0.15) is 0 Å². The molecule has 0 bridgehead atoms. The van der Waals surface area contributed by atoms with Gasteiger partial charge in [0.1, 0.15) is 0 Å². The molecule has 1 unspecified atom stereocenters. The summed E-state index contributed by atoms with van der Waals surface area (Å²) in [5.41, 5.74) is 0. The number of hydrogen-bond acceptors (Lipinski definition) is 0. The Kier molecular flexibility index (Phi) is 2.95. The molecule has 0 N–H and O–H groups in total. The molecule has 1 atom stereocenters. The van der Waals surface area contributed by atoms with E-state index in [2.05, 4.69) is 4.93 Å². The second kappa shape index (κ2) is 3.54. The van der Waals surface area contributed by atoms with Crippen molar-refractivity contribution in [2.75, 3.05) is 4.93 Å². The van der Waals surface area contributed by atoms with E-state index in [1.807, 2.05) is 0 Å². The summed E-state index contributed by atoms with van der Waals surface area (Å²) in [6.45, 7) is 0. The molecule has 0 radical (unpaired) electrons. The molecule has 0 spiro atoms. The summed E-state index contributed by atoms with van der Waals surface area (Å²) in [4.78, 5) is 2.24. The van der Waals surface area contributed by atoms with Crippen LogP contribution in [0.5, 0.6) is 0 Å². The maximum atomic E-state index is 12.5. The molecule has 0 fully saturated rings. The van der Waals surface area contributed by atoms with Crippen molar-refractivity contribution in [2.24, 2.45) is 0 Å². The van der Waals surface area contributed by atoms with Crippen LogP contribution < -0.4 is 21.2 Å². The van der Waals surface area contributed by atoms with Gasteiger partial charge in [-0.25, -0.2) is 0 Å². The summed E-state index contributed by atoms with van der Waals surface area (Å²) in [6.07, 6.45) is 4.68. The summed E-state index contributed by atoms with van der Waals surface area (Å²) in [7, 11) is 0. The zero-order chi connectivity index (χ0) is 6.69. The second-order valence-electron chi connectivity index (χ2n) is 2.25. The van der Waals surface area contributed by atoms with Gasteiger partial charge in [-0.05, 0) is 0 Å². The molecule has 0 aromatic heterocycles. The van der Waals surface area contributed by atoms with Crippen LogP contribution in [0.2, 0.25) is 0 Å². The molecule has 0 nitrogen and oxygen atoms in total. The van der Waals surface area contributed by atoms with Crippen molar-refractivity contribution in [3.63, 3.8) is 0 Å². The minimum absolute atomic E-state index is 0.132. The fourth-order valence-corrected chi connectivity index (χ4v) is 2.85. The van der Waals surface area contributed by atoms with E-state index in [1.165, 1.54) is 6.42 Å². The van der Waals surface area contributed by atoms with Crippen LogP contribution in [0.3, 0.4) is 0 Å². The molecule has 0 heterocycles. The Hall–Kier alpha value is 0.400. The molecular formula is C7H11FI-. The van der Waals surface area contributed by atoms with Crippen LogP contribution in [0.25, 0.3) is 0 Å². The van der Waals surface area contributed by atoms with Gasteiger partial charge in [-0.1, -0.05) is 0 Å². The van der Waals surface area contributed by atoms with Crippen LogP contribution in [-0.4, -0.2) is 8.86 Å². The first-order valence-corrected chi connectivity index (χ1v) is 6.56. The van der Waals surface area contributed by atoms with E-state index >= 15 is 0 Å². The molecular weight excluding hydrogens is 230 g/mol. The van der Waals surface area contributed by atoms with Crippen LogP contribution in [-0.2, 0) is 0 Å². The molecule has 54 valence electrons. The Morgan fingerprint density at radius 1 is 1.78 bits per heavy atom. The van der Waals surface area contributed by atoms with Crippen molar-refractivity contribution in [3.05, 3.63) is 11.9 Å². The molecule has 0 saturated carbocycles. The minimum atomic E-state index is 0.132. The molecule has 1 aliphatic rings. The standard InChI is InChI=1S/C7H11FI/c1-9-7-4-2-3-6(8)5-7/h3,7H,2,4-5H2,1H3/q-1. The van der Waals surface area contributed by atoms with Crippen LogP contribution in [0.4, 0.5) is 4.39 Å². The molecule has 0 aromatic rings. The third-order valence-electron chi connectivity index (χ3n) is 1.57. The normalized spacial score (nSPS) is 28.2. The van der Waals surface area contributed by atoms with Crippen LogP contribution >= 0.6 is 0 Å². The molecule has 0 aromatic carbocycles. The quantitative estimate of drug-likeness (QED) is 0.413. The number of alkyl halides is 2. The van der Waals surface area contributed by atoms with Crippen molar-refractivity contribution in [1.82, 2.24) is 0 Å². The molecule has 1 aliphatic carbocycles.